The molecule has 0 atom stereocenters. The Hall–Kier alpha value is -0.610. The van der Waals surface area contributed by atoms with Crippen molar-refractivity contribution in [3.05, 3.63) is 10.6 Å². The van der Waals surface area contributed by atoms with E-state index in [9.17, 15) is 0 Å². The number of hydrogen-bond donors (Lipinski definition) is 1. The standard InChI is InChI=1S/C16H27N3S/c1-3-19(14-7-5-4-6-8-14)16-18-12(2)15(20-16)11-17-13-9-10-13/h13-14,17H,3-11H2,1-2H3. The molecule has 0 radical (unpaired) electrons. The van der Waals surface area contributed by atoms with Crippen LogP contribution >= 0.6 is 11.3 Å². The zero-order valence-electron chi connectivity index (χ0n) is 12.8. The van der Waals surface area contributed by atoms with Crippen molar-refractivity contribution in [2.75, 3.05) is 11.4 Å². The molecule has 2 fully saturated rings. The van der Waals surface area contributed by atoms with E-state index < -0.39 is 0 Å². The van der Waals surface area contributed by atoms with Crippen LogP contribution in [0, 0.1) is 6.92 Å². The molecule has 1 aromatic rings. The molecule has 0 bridgehead atoms. The number of thiazole rings is 1. The number of aromatic nitrogens is 1. The van der Waals surface area contributed by atoms with Crippen molar-refractivity contribution in [3.63, 3.8) is 0 Å². The minimum atomic E-state index is 0.726. The van der Waals surface area contributed by atoms with Crippen molar-refractivity contribution in [1.29, 1.82) is 0 Å². The van der Waals surface area contributed by atoms with E-state index in [4.69, 9.17) is 4.98 Å². The third kappa shape index (κ3) is 3.34. The second kappa shape index (κ2) is 6.44. The number of anilines is 1. The van der Waals surface area contributed by atoms with Gasteiger partial charge in [0, 0.05) is 30.1 Å². The van der Waals surface area contributed by atoms with E-state index in [0.29, 0.717) is 0 Å². The molecule has 2 aliphatic carbocycles. The minimum absolute atomic E-state index is 0.726. The molecule has 20 heavy (non-hydrogen) atoms. The second-order valence-electron chi connectivity index (χ2n) is 6.24. The molecule has 3 rings (SSSR count). The molecule has 0 saturated heterocycles. The topological polar surface area (TPSA) is 28.2 Å². The molecular weight excluding hydrogens is 266 g/mol. The molecular formula is C16H27N3S. The normalized spacial score (nSPS) is 20.3. The number of nitrogens with one attached hydrogen (secondary N) is 1. The van der Waals surface area contributed by atoms with Gasteiger partial charge in [0.1, 0.15) is 0 Å². The molecule has 2 aliphatic rings. The van der Waals surface area contributed by atoms with Crippen LogP contribution in [0.3, 0.4) is 0 Å². The van der Waals surface area contributed by atoms with Gasteiger partial charge in [0.15, 0.2) is 5.13 Å². The van der Waals surface area contributed by atoms with Crippen molar-refractivity contribution in [1.82, 2.24) is 10.3 Å². The van der Waals surface area contributed by atoms with Gasteiger partial charge in [-0.05, 0) is 39.5 Å². The highest BCUT2D eigenvalue weighted by Gasteiger charge is 2.24. The first-order valence-electron chi connectivity index (χ1n) is 8.24. The molecule has 4 heteroatoms. The van der Waals surface area contributed by atoms with Crippen LogP contribution in [0.2, 0.25) is 0 Å². The lowest BCUT2D eigenvalue weighted by Gasteiger charge is -2.33. The van der Waals surface area contributed by atoms with E-state index in [1.165, 1.54) is 60.6 Å². The summed E-state index contributed by atoms with van der Waals surface area (Å²) in [6.07, 6.45) is 9.61. The molecule has 1 heterocycles. The number of aryl methyl sites for hydroxylation is 1. The van der Waals surface area contributed by atoms with Gasteiger partial charge in [-0.2, -0.15) is 0 Å². The maximum Gasteiger partial charge on any atom is 0.186 e. The molecule has 0 spiro atoms. The van der Waals surface area contributed by atoms with E-state index >= 15 is 0 Å². The van der Waals surface area contributed by atoms with Gasteiger partial charge >= 0.3 is 0 Å². The Morgan fingerprint density at radius 1 is 1.20 bits per heavy atom. The third-order valence-corrected chi connectivity index (χ3v) is 5.81. The van der Waals surface area contributed by atoms with E-state index in [-0.39, 0.29) is 0 Å². The lowest BCUT2D eigenvalue weighted by molar-refractivity contribution is 0.418. The Morgan fingerprint density at radius 2 is 1.95 bits per heavy atom. The SMILES string of the molecule is CCN(c1nc(C)c(CNC2CC2)s1)C1CCCCC1. The number of rotatable bonds is 6. The molecule has 3 nitrogen and oxygen atoms in total. The fourth-order valence-corrected chi connectivity index (χ4v) is 4.31. The van der Waals surface area contributed by atoms with Gasteiger partial charge in [-0.1, -0.05) is 19.3 Å². The first kappa shape index (κ1) is 14.3. The third-order valence-electron chi connectivity index (χ3n) is 4.61. The summed E-state index contributed by atoms with van der Waals surface area (Å²) in [4.78, 5) is 8.84. The first-order chi connectivity index (χ1) is 9.78. The maximum atomic E-state index is 4.86. The zero-order valence-corrected chi connectivity index (χ0v) is 13.6. The Kier molecular flexibility index (Phi) is 4.61. The average molecular weight is 293 g/mol. The fraction of sp³-hybridized carbons (Fsp3) is 0.812. The van der Waals surface area contributed by atoms with E-state index in [2.05, 4.69) is 24.1 Å². The van der Waals surface area contributed by atoms with Crippen molar-refractivity contribution in [3.8, 4) is 0 Å². The van der Waals surface area contributed by atoms with Crippen LogP contribution in [0.1, 0.15) is 62.4 Å². The minimum Gasteiger partial charge on any atom is -0.345 e. The Labute approximate surface area is 126 Å². The summed E-state index contributed by atoms with van der Waals surface area (Å²) in [5.41, 5.74) is 1.23. The summed E-state index contributed by atoms with van der Waals surface area (Å²) in [6.45, 7) is 6.54. The largest absolute Gasteiger partial charge is 0.345 e. The van der Waals surface area contributed by atoms with Crippen molar-refractivity contribution < 1.29 is 0 Å². The summed E-state index contributed by atoms with van der Waals surface area (Å²) < 4.78 is 0. The van der Waals surface area contributed by atoms with E-state index in [0.717, 1.165) is 25.2 Å². The molecule has 1 aromatic heterocycles. The first-order valence-corrected chi connectivity index (χ1v) is 9.06. The van der Waals surface area contributed by atoms with Gasteiger partial charge in [0.05, 0.1) is 5.69 Å². The predicted molar refractivity (Wildman–Crippen MR) is 86.6 cm³/mol. The highest BCUT2D eigenvalue weighted by atomic mass is 32.1. The Bertz CT molecular complexity index is 433. The predicted octanol–water partition coefficient (Wildman–Crippen LogP) is 3.86. The summed E-state index contributed by atoms with van der Waals surface area (Å²) in [5.74, 6) is 0. The summed E-state index contributed by atoms with van der Waals surface area (Å²) in [5, 5.41) is 4.87. The second-order valence-corrected chi connectivity index (χ2v) is 7.30. The van der Waals surface area contributed by atoms with Crippen LogP contribution in [0.25, 0.3) is 0 Å². The van der Waals surface area contributed by atoms with Crippen molar-refractivity contribution in [2.24, 2.45) is 0 Å². The van der Waals surface area contributed by atoms with Crippen LogP contribution in [0.4, 0.5) is 5.13 Å². The summed E-state index contributed by atoms with van der Waals surface area (Å²) >= 11 is 1.91. The zero-order chi connectivity index (χ0) is 13.9. The van der Waals surface area contributed by atoms with Gasteiger partial charge in [-0.25, -0.2) is 4.98 Å². The molecule has 112 valence electrons. The molecule has 0 aromatic carbocycles. The highest BCUT2D eigenvalue weighted by Crippen LogP contribution is 2.32. The average Bonchev–Trinajstić information content (AvgIpc) is 3.23. The Balaban J connectivity index is 1.68. The Morgan fingerprint density at radius 3 is 2.60 bits per heavy atom. The van der Waals surface area contributed by atoms with Crippen molar-refractivity contribution in [2.45, 2.75) is 77.4 Å². The molecule has 1 N–H and O–H groups in total. The van der Waals surface area contributed by atoms with Gasteiger partial charge < -0.3 is 10.2 Å². The maximum absolute atomic E-state index is 4.86. The smallest absolute Gasteiger partial charge is 0.186 e. The van der Waals surface area contributed by atoms with Gasteiger partial charge in [-0.3, -0.25) is 0 Å². The molecule has 0 aliphatic heterocycles. The quantitative estimate of drug-likeness (QED) is 0.863. The number of nitrogens with zero attached hydrogens (tertiary/aromatic N) is 2. The van der Waals surface area contributed by atoms with Crippen molar-refractivity contribution >= 4 is 16.5 Å². The highest BCUT2D eigenvalue weighted by molar-refractivity contribution is 7.15. The van der Waals surface area contributed by atoms with Gasteiger partial charge in [0.25, 0.3) is 0 Å². The fourth-order valence-electron chi connectivity index (χ4n) is 3.17. The van der Waals surface area contributed by atoms with Crippen LogP contribution < -0.4 is 10.2 Å². The summed E-state index contributed by atoms with van der Waals surface area (Å²) in [6, 6.07) is 1.50. The van der Waals surface area contributed by atoms with Crippen LogP contribution in [-0.2, 0) is 6.54 Å². The number of hydrogen-bond acceptors (Lipinski definition) is 4. The van der Waals surface area contributed by atoms with Gasteiger partial charge in [0.2, 0.25) is 0 Å². The lowest BCUT2D eigenvalue weighted by atomic mass is 9.94. The van der Waals surface area contributed by atoms with Crippen LogP contribution in [0.5, 0.6) is 0 Å². The van der Waals surface area contributed by atoms with Crippen LogP contribution in [0.15, 0.2) is 0 Å². The monoisotopic (exact) mass is 293 g/mol. The summed E-state index contributed by atoms with van der Waals surface area (Å²) in [7, 11) is 0. The molecule has 0 unspecified atom stereocenters. The molecule has 2 saturated carbocycles. The lowest BCUT2D eigenvalue weighted by Crippen LogP contribution is -2.36. The van der Waals surface area contributed by atoms with E-state index in [1.807, 2.05) is 11.3 Å². The van der Waals surface area contributed by atoms with E-state index in [1.54, 1.807) is 0 Å². The molecule has 0 amide bonds. The van der Waals surface area contributed by atoms with Gasteiger partial charge in [-0.15, -0.1) is 11.3 Å². The van der Waals surface area contributed by atoms with Crippen LogP contribution in [-0.4, -0.2) is 23.6 Å².